The number of carbonyl (C=O) groups is 2. The number of carboxylic acid groups (broad SMARTS) is 2. The topological polar surface area (TPSA) is 229 Å². The minimum atomic E-state index is -1.52. The van der Waals surface area contributed by atoms with Crippen LogP contribution in [-0.4, -0.2) is 102 Å². The maximum Gasteiger partial charge on any atom is 0.345 e. The Kier molecular flexibility index (Phi) is 14.7. The van der Waals surface area contributed by atoms with Crippen molar-refractivity contribution in [1.29, 1.82) is 0 Å². The number of hydrogen-bond acceptors (Lipinski definition) is 8. The first kappa shape index (κ1) is 31.6. The van der Waals surface area contributed by atoms with Crippen LogP contribution in [0.3, 0.4) is 0 Å². The zero-order valence-electron chi connectivity index (χ0n) is 19.8. The Morgan fingerprint density at radius 1 is 0.600 bits per heavy atom. The van der Waals surface area contributed by atoms with Crippen molar-refractivity contribution in [3.05, 3.63) is 35.4 Å². The lowest BCUT2D eigenvalue weighted by atomic mass is 10.1. The fourth-order valence-electron chi connectivity index (χ4n) is 3.99. The second-order valence-electron chi connectivity index (χ2n) is 7.91. The lowest BCUT2D eigenvalue weighted by molar-refractivity contribution is -0.539. The van der Waals surface area contributed by atoms with Gasteiger partial charge >= 0.3 is 11.9 Å². The van der Waals surface area contributed by atoms with Gasteiger partial charge in [0.25, 0.3) is 0 Å². The summed E-state index contributed by atoms with van der Waals surface area (Å²) >= 11 is 0. The van der Waals surface area contributed by atoms with Crippen LogP contribution < -0.4 is 31.5 Å². The van der Waals surface area contributed by atoms with Gasteiger partial charge in [0.2, 0.25) is 0 Å². The van der Waals surface area contributed by atoms with E-state index >= 15 is 0 Å². The maximum absolute atomic E-state index is 10.3. The van der Waals surface area contributed by atoms with E-state index < -0.39 is 11.9 Å². The molecular weight excluding hydrogens is 460 g/mol. The number of nitrogens with zero attached hydrogens (tertiary/aromatic N) is 2. The van der Waals surface area contributed by atoms with E-state index in [2.05, 4.69) is 30.4 Å². The van der Waals surface area contributed by atoms with E-state index in [1.54, 1.807) is 0 Å². The van der Waals surface area contributed by atoms with Crippen molar-refractivity contribution in [2.24, 2.45) is 0 Å². The van der Waals surface area contributed by atoms with Gasteiger partial charge in [0.05, 0.1) is 64.3 Å². The van der Waals surface area contributed by atoms with E-state index in [4.69, 9.17) is 0 Å². The molecule has 1 aromatic carbocycles. The first-order chi connectivity index (χ1) is 15.6. The van der Waals surface area contributed by atoms with Crippen LogP contribution in [0.4, 0.5) is 0 Å². The molecule has 4 aliphatic heterocycles. The molecule has 35 heavy (non-hydrogen) atoms. The largest absolute Gasteiger partial charge is 0.545 e. The number of nitrogens with one attached hydrogen (secondary N) is 4. The fourth-order valence-corrected chi connectivity index (χ4v) is 3.99. The van der Waals surface area contributed by atoms with Crippen LogP contribution in [0.2, 0.25) is 0 Å². The second kappa shape index (κ2) is 16.2. The van der Waals surface area contributed by atoms with Crippen LogP contribution in [0.25, 0.3) is 0 Å². The van der Waals surface area contributed by atoms with E-state index in [1.807, 2.05) is 0 Å². The summed E-state index contributed by atoms with van der Waals surface area (Å²) in [5.74, 6) is -0.514. The van der Waals surface area contributed by atoms with Gasteiger partial charge in [-0.1, -0.05) is 24.3 Å². The maximum atomic E-state index is 10.3. The Morgan fingerprint density at radius 2 is 0.886 bits per heavy atom. The van der Waals surface area contributed by atoms with Crippen molar-refractivity contribution >= 4 is 23.9 Å². The fraction of sp³-hybridized carbons (Fsp3) is 0.545. The normalized spacial score (nSPS) is 17.4. The summed E-state index contributed by atoms with van der Waals surface area (Å²) in [6.45, 7) is 9.48. The summed E-state index contributed by atoms with van der Waals surface area (Å²) in [5, 5.41) is 34.1. The molecule has 10 N–H and O–H groups in total. The number of carboxylic acids is 2. The van der Waals surface area contributed by atoms with Crippen LogP contribution in [0.1, 0.15) is 46.4 Å². The summed E-state index contributed by atoms with van der Waals surface area (Å²) in [7, 11) is 0. The number of carbonyl (C=O) groups excluding carboxylic acids is 2. The van der Waals surface area contributed by atoms with Gasteiger partial charge in [-0.25, -0.2) is 0 Å². The summed E-state index contributed by atoms with van der Waals surface area (Å²) in [5.41, 5.74) is -0.727. The molecule has 0 atom stereocenters. The minimum absolute atomic E-state index is 0. The molecule has 0 aliphatic carbocycles. The molecule has 4 heterocycles. The van der Waals surface area contributed by atoms with Gasteiger partial charge in [-0.2, -0.15) is 0 Å². The lowest BCUT2D eigenvalue weighted by Crippen LogP contribution is -2.52. The number of rotatable bonds is 2. The van der Waals surface area contributed by atoms with E-state index in [9.17, 15) is 19.8 Å². The molecule has 0 spiro atoms. The minimum Gasteiger partial charge on any atom is -0.545 e. The second-order valence-corrected chi connectivity index (χ2v) is 7.91. The quantitative estimate of drug-likeness (QED) is 0.287. The van der Waals surface area contributed by atoms with Crippen molar-refractivity contribution < 1.29 is 45.4 Å². The molecule has 13 heteroatoms. The van der Waals surface area contributed by atoms with E-state index in [1.165, 1.54) is 75.9 Å². The first-order valence-corrected chi connectivity index (χ1v) is 11.3. The average molecular weight is 499 g/mol. The molecule has 0 aromatic heterocycles. The van der Waals surface area contributed by atoms with E-state index in [0.29, 0.717) is 0 Å². The smallest absolute Gasteiger partial charge is 0.345 e. The van der Waals surface area contributed by atoms with Crippen molar-refractivity contribution in [2.75, 3.05) is 52.4 Å². The van der Waals surface area contributed by atoms with Crippen LogP contribution in [0.15, 0.2) is 24.3 Å². The Hall–Kier alpha value is -3.42. The number of benzene rings is 1. The third-order valence-corrected chi connectivity index (χ3v) is 5.59. The lowest BCUT2D eigenvalue weighted by Gasteiger charge is -2.22. The molecule has 5 rings (SSSR count). The standard InChI is InChI=1S/C8H6O4.2C7H13N3.3H2O/c9-7(10)5-3-1-2-4-6(5)8(11)12;2*1-3-8-7-9-4-2-6-10(7)5-1;;;/h1-4H,(H,9,10)(H,11,12);2*1-6H2,(H,8,9);3*1H2. The number of guanidine groups is 2. The van der Waals surface area contributed by atoms with Gasteiger partial charge in [-0.05, 0) is 0 Å². The molecule has 0 fully saturated rings. The highest BCUT2D eigenvalue weighted by Crippen LogP contribution is 2.05. The highest BCUT2D eigenvalue weighted by Gasteiger charge is 2.20. The van der Waals surface area contributed by atoms with Gasteiger partial charge in [-0.3, -0.25) is 30.4 Å². The molecule has 0 bridgehead atoms. The van der Waals surface area contributed by atoms with Gasteiger partial charge < -0.3 is 36.2 Å². The van der Waals surface area contributed by atoms with Gasteiger partial charge in [0.1, 0.15) is 0 Å². The first-order valence-electron chi connectivity index (χ1n) is 11.3. The summed E-state index contributed by atoms with van der Waals surface area (Å²) < 4.78 is 4.79. The van der Waals surface area contributed by atoms with Crippen molar-refractivity contribution in [2.45, 2.75) is 25.7 Å². The van der Waals surface area contributed by atoms with Crippen LogP contribution in [0, 0.1) is 0 Å². The van der Waals surface area contributed by atoms with Crippen LogP contribution >= 0.6 is 0 Å². The monoisotopic (exact) mass is 498 g/mol. The third-order valence-electron chi connectivity index (χ3n) is 5.59. The van der Waals surface area contributed by atoms with Gasteiger partial charge in [0, 0.05) is 36.8 Å². The zero-order valence-corrected chi connectivity index (χ0v) is 19.8. The Bertz CT molecular complexity index is 752. The molecule has 0 unspecified atom stereocenters. The highest BCUT2D eigenvalue weighted by atomic mass is 16.4. The van der Waals surface area contributed by atoms with E-state index in [0.717, 1.165) is 38.3 Å². The molecule has 0 radical (unpaired) electrons. The molecule has 4 aliphatic rings. The predicted octanol–water partition coefficient (Wildman–Crippen LogP) is -5.38. The predicted molar refractivity (Wildman–Crippen MR) is 126 cm³/mol. The Labute approximate surface area is 204 Å². The summed E-state index contributed by atoms with van der Waals surface area (Å²) in [6.07, 6.45) is 5.13. The highest BCUT2D eigenvalue weighted by molar-refractivity contribution is 5.99. The molecule has 13 nitrogen and oxygen atoms in total. The van der Waals surface area contributed by atoms with Crippen LogP contribution in [-0.2, 0) is 0 Å². The average Bonchev–Trinajstić information content (AvgIpc) is 2.85. The summed E-state index contributed by atoms with van der Waals surface area (Å²) in [4.78, 5) is 20.6. The Morgan fingerprint density at radius 3 is 1.11 bits per heavy atom. The molecule has 1 aromatic rings. The van der Waals surface area contributed by atoms with Gasteiger partial charge in [-0.15, -0.1) is 0 Å². The number of aromatic carboxylic acids is 2. The van der Waals surface area contributed by atoms with Gasteiger partial charge in [0.15, 0.2) is 0 Å². The van der Waals surface area contributed by atoms with Crippen molar-refractivity contribution in [3.63, 3.8) is 0 Å². The van der Waals surface area contributed by atoms with Crippen molar-refractivity contribution in [3.8, 4) is 0 Å². The molecule has 0 saturated heterocycles. The molecule has 0 saturated carbocycles. The Balaban J connectivity index is 0.000000477. The van der Waals surface area contributed by atoms with Crippen molar-refractivity contribution in [1.82, 2.24) is 21.3 Å². The molecular formula is C22H38N6O7. The number of hydrogen-bond donors (Lipinski definition) is 4. The van der Waals surface area contributed by atoms with Crippen LogP contribution in [0.5, 0.6) is 0 Å². The zero-order chi connectivity index (χ0) is 22.8. The summed E-state index contributed by atoms with van der Waals surface area (Å²) in [6, 6.07) is 5.14. The third kappa shape index (κ3) is 9.39. The van der Waals surface area contributed by atoms with E-state index in [-0.39, 0.29) is 27.6 Å². The molecule has 198 valence electrons. The SMILES string of the molecule is C1CNC2=[N+](C1)CCCN2.C1CNC2=[N+](C1)CCCN2.O.O.O.O=C([O-])c1ccccc1C(=O)[O-]. The molecule has 0 amide bonds.